The van der Waals surface area contributed by atoms with Crippen molar-refractivity contribution in [3.8, 4) is 16.9 Å². The minimum atomic E-state index is -0.720. The lowest BCUT2D eigenvalue weighted by atomic mass is 10.1. The molecule has 6 nitrogen and oxygen atoms in total. The summed E-state index contributed by atoms with van der Waals surface area (Å²) in [5.41, 5.74) is 2.85. The van der Waals surface area contributed by atoms with Crippen LogP contribution in [0.15, 0.2) is 108 Å². The van der Waals surface area contributed by atoms with E-state index in [-0.39, 0.29) is 21.4 Å². The molecule has 0 saturated heterocycles. The second kappa shape index (κ2) is 10.7. The molecule has 0 radical (unpaired) electrons. The van der Waals surface area contributed by atoms with Crippen LogP contribution >= 0.6 is 34.8 Å². The summed E-state index contributed by atoms with van der Waals surface area (Å²) in [6.45, 7) is 0. The van der Waals surface area contributed by atoms with Crippen LogP contribution in [0, 0.1) is 0 Å². The molecule has 4 aromatic carbocycles. The first-order chi connectivity index (χ1) is 18.3. The maximum Gasteiger partial charge on any atom is 0.343 e. The van der Waals surface area contributed by atoms with Crippen molar-refractivity contribution >= 4 is 64.0 Å². The average molecular weight is 564 g/mol. The second-order valence-electron chi connectivity index (χ2n) is 8.21. The predicted octanol–water partition coefficient (Wildman–Crippen LogP) is 7.32. The van der Waals surface area contributed by atoms with Gasteiger partial charge in [0.25, 0.3) is 11.8 Å². The van der Waals surface area contributed by atoms with Gasteiger partial charge in [-0.1, -0.05) is 77.3 Å². The molecule has 0 saturated carbocycles. The maximum atomic E-state index is 13.0. The predicted molar refractivity (Wildman–Crippen MR) is 149 cm³/mol. The summed E-state index contributed by atoms with van der Waals surface area (Å²) >= 11 is 18.3. The third-order valence-corrected chi connectivity index (χ3v) is 6.63. The average Bonchev–Trinajstić information content (AvgIpc) is 3.13. The summed E-state index contributed by atoms with van der Waals surface area (Å²) in [4.78, 5) is 39.2. The quantitative estimate of drug-likeness (QED) is 0.151. The Kier molecular flexibility index (Phi) is 7.20. The molecule has 0 bridgehead atoms. The molecule has 0 atom stereocenters. The molecule has 1 heterocycles. The number of ether oxygens (including phenoxy) is 1. The summed E-state index contributed by atoms with van der Waals surface area (Å²) in [6, 6.07) is 27.7. The smallest absolute Gasteiger partial charge is 0.343 e. The molecular formula is C29H17Cl3N2O4. The first-order valence-electron chi connectivity index (χ1n) is 11.3. The fraction of sp³-hybridized carbons (Fsp3) is 0. The van der Waals surface area contributed by atoms with Gasteiger partial charge in [-0.25, -0.2) is 9.69 Å². The number of rotatable bonds is 6. The molecule has 0 spiro atoms. The van der Waals surface area contributed by atoms with E-state index in [4.69, 9.17) is 39.5 Å². The number of hydrogen-bond acceptors (Lipinski definition) is 5. The molecule has 1 aliphatic heterocycles. The van der Waals surface area contributed by atoms with Crippen LogP contribution in [0.5, 0.6) is 5.75 Å². The van der Waals surface area contributed by atoms with Crippen molar-refractivity contribution in [2.45, 2.75) is 0 Å². The number of carbonyl (C=O) groups excluding carboxylic acids is 3. The molecule has 38 heavy (non-hydrogen) atoms. The fourth-order valence-corrected chi connectivity index (χ4v) is 4.54. The van der Waals surface area contributed by atoms with Crippen LogP contribution in [0.1, 0.15) is 10.4 Å². The van der Waals surface area contributed by atoms with E-state index in [0.29, 0.717) is 22.0 Å². The molecular weight excluding hydrogens is 547 g/mol. The monoisotopic (exact) mass is 562 g/mol. The van der Waals surface area contributed by atoms with E-state index in [9.17, 15) is 14.4 Å². The van der Waals surface area contributed by atoms with E-state index < -0.39 is 17.8 Å². The molecule has 2 amide bonds. The van der Waals surface area contributed by atoms with E-state index in [0.717, 1.165) is 16.0 Å². The van der Waals surface area contributed by atoms with Crippen molar-refractivity contribution in [3.63, 3.8) is 0 Å². The Balaban J connectivity index is 1.26. The Labute approximate surface area is 233 Å². The third kappa shape index (κ3) is 5.15. The van der Waals surface area contributed by atoms with Gasteiger partial charge in [0.1, 0.15) is 16.5 Å². The molecule has 5 rings (SSSR count). The summed E-state index contributed by atoms with van der Waals surface area (Å²) < 4.78 is 5.48. The van der Waals surface area contributed by atoms with Crippen molar-refractivity contribution in [2.24, 2.45) is 0 Å². The lowest BCUT2D eigenvalue weighted by molar-refractivity contribution is -0.120. The largest absolute Gasteiger partial charge is 0.423 e. The van der Waals surface area contributed by atoms with Crippen LogP contribution in [-0.2, 0) is 9.59 Å². The first-order valence-corrected chi connectivity index (χ1v) is 12.4. The van der Waals surface area contributed by atoms with Crippen molar-refractivity contribution < 1.29 is 19.1 Å². The number of nitrogens with zero attached hydrogens (tertiary/aromatic N) is 1. The molecule has 0 unspecified atom stereocenters. The van der Waals surface area contributed by atoms with Gasteiger partial charge in [0.15, 0.2) is 0 Å². The van der Waals surface area contributed by atoms with Crippen molar-refractivity contribution in [2.75, 3.05) is 10.2 Å². The highest BCUT2D eigenvalue weighted by molar-refractivity contribution is 6.54. The van der Waals surface area contributed by atoms with Crippen molar-refractivity contribution in [1.82, 2.24) is 0 Å². The maximum absolute atomic E-state index is 13.0. The number of halogens is 3. The van der Waals surface area contributed by atoms with Gasteiger partial charge in [-0.3, -0.25) is 9.59 Å². The number of hydrogen-bond donors (Lipinski definition) is 1. The Hall–Kier alpha value is -4.10. The Morgan fingerprint density at radius 2 is 1.39 bits per heavy atom. The number of esters is 1. The summed E-state index contributed by atoms with van der Waals surface area (Å²) in [6.07, 6.45) is 0. The molecule has 0 fully saturated rings. The van der Waals surface area contributed by atoms with Gasteiger partial charge in [-0.05, 0) is 65.7 Å². The van der Waals surface area contributed by atoms with Crippen LogP contribution < -0.4 is 15.0 Å². The number of carbonyl (C=O) groups is 3. The second-order valence-corrected chi connectivity index (χ2v) is 9.43. The normalized spacial score (nSPS) is 13.2. The number of imide groups is 1. The van der Waals surface area contributed by atoms with Crippen LogP contribution in [0.2, 0.25) is 10.0 Å². The van der Waals surface area contributed by atoms with Gasteiger partial charge >= 0.3 is 5.97 Å². The SMILES string of the molecule is O=C(Oc1ccc(-c2ccccc2)cc1)c1ccc(NC2=C(Cl)C(=O)N(c3ccc(Cl)cc3Cl)C2=O)cc1. The lowest BCUT2D eigenvalue weighted by Gasteiger charge is -2.16. The summed E-state index contributed by atoms with van der Waals surface area (Å²) in [5.74, 6) is -1.53. The van der Waals surface area contributed by atoms with Gasteiger partial charge in [0.05, 0.1) is 16.3 Å². The minimum absolute atomic E-state index is 0.114. The van der Waals surface area contributed by atoms with Crippen LogP contribution in [0.3, 0.4) is 0 Å². The Morgan fingerprint density at radius 3 is 2.05 bits per heavy atom. The first kappa shape index (κ1) is 25.5. The zero-order valence-electron chi connectivity index (χ0n) is 19.5. The van der Waals surface area contributed by atoms with Gasteiger partial charge in [-0.2, -0.15) is 0 Å². The minimum Gasteiger partial charge on any atom is -0.423 e. The zero-order chi connectivity index (χ0) is 26.8. The van der Waals surface area contributed by atoms with Crippen LogP contribution in [0.25, 0.3) is 11.1 Å². The molecule has 9 heteroatoms. The molecule has 0 aliphatic carbocycles. The Morgan fingerprint density at radius 1 is 0.737 bits per heavy atom. The van der Waals surface area contributed by atoms with Crippen molar-refractivity contribution in [1.29, 1.82) is 0 Å². The van der Waals surface area contributed by atoms with Gasteiger partial charge in [-0.15, -0.1) is 0 Å². The van der Waals surface area contributed by atoms with Gasteiger partial charge in [0.2, 0.25) is 0 Å². The fourth-order valence-electron chi connectivity index (χ4n) is 3.84. The molecule has 0 aromatic heterocycles. The number of anilines is 2. The van der Waals surface area contributed by atoms with E-state index >= 15 is 0 Å². The van der Waals surface area contributed by atoms with E-state index in [1.165, 1.54) is 30.3 Å². The zero-order valence-corrected chi connectivity index (χ0v) is 21.7. The Bertz CT molecular complexity index is 1580. The highest BCUT2D eigenvalue weighted by atomic mass is 35.5. The molecule has 4 aromatic rings. The molecule has 188 valence electrons. The number of benzene rings is 4. The topological polar surface area (TPSA) is 75.7 Å². The molecule has 1 N–H and O–H groups in total. The van der Waals surface area contributed by atoms with E-state index in [1.54, 1.807) is 24.3 Å². The summed E-state index contributed by atoms with van der Waals surface area (Å²) in [7, 11) is 0. The van der Waals surface area contributed by atoms with Gasteiger partial charge < -0.3 is 10.1 Å². The van der Waals surface area contributed by atoms with E-state index in [1.807, 2.05) is 42.5 Å². The van der Waals surface area contributed by atoms with E-state index in [2.05, 4.69) is 5.32 Å². The standard InChI is InChI=1S/C29H17Cl3N2O4/c30-20-10-15-24(23(31)16-20)34-27(35)25(32)26(28(34)36)33-21-11-6-19(7-12-21)29(37)38-22-13-8-18(9-14-22)17-4-2-1-3-5-17/h1-16,33H. The lowest BCUT2D eigenvalue weighted by Crippen LogP contribution is -2.32. The van der Waals surface area contributed by atoms with Crippen LogP contribution in [0.4, 0.5) is 11.4 Å². The van der Waals surface area contributed by atoms with Crippen LogP contribution in [-0.4, -0.2) is 17.8 Å². The molecule has 1 aliphatic rings. The highest BCUT2D eigenvalue weighted by Gasteiger charge is 2.39. The number of amides is 2. The highest BCUT2D eigenvalue weighted by Crippen LogP contribution is 2.35. The third-order valence-electron chi connectivity index (χ3n) is 5.74. The number of nitrogens with one attached hydrogen (secondary N) is 1. The van der Waals surface area contributed by atoms with Crippen molar-refractivity contribution in [3.05, 3.63) is 123 Å². The van der Waals surface area contributed by atoms with Gasteiger partial charge in [0, 0.05) is 10.7 Å². The summed E-state index contributed by atoms with van der Waals surface area (Å²) in [5, 5.41) is 3.05.